The van der Waals surface area contributed by atoms with E-state index in [9.17, 15) is 36.6 Å². The molecule has 2 N–H and O–H groups in total. The quantitative estimate of drug-likeness (QED) is 0.737. The van der Waals surface area contributed by atoms with Crippen molar-refractivity contribution in [1.29, 1.82) is 0 Å². The molecule has 0 saturated heterocycles. The van der Waals surface area contributed by atoms with Crippen molar-refractivity contribution in [3.8, 4) is 0 Å². The van der Waals surface area contributed by atoms with E-state index < -0.39 is 66.5 Å². The van der Waals surface area contributed by atoms with Crippen LogP contribution in [0.3, 0.4) is 0 Å². The van der Waals surface area contributed by atoms with Gasteiger partial charge in [-0.3, -0.25) is 0 Å². The highest BCUT2D eigenvalue weighted by Gasteiger charge is 2.79. The predicted octanol–water partition coefficient (Wildman–Crippen LogP) is 4.14. The molecule has 2 atom stereocenters. The van der Waals surface area contributed by atoms with Gasteiger partial charge in [0.25, 0.3) is 5.92 Å². The fraction of sp³-hybridized carbons (Fsp3) is 1.00. The first-order valence-corrected chi connectivity index (χ1v) is 7.75. The van der Waals surface area contributed by atoms with E-state index >= 15 is 0 Å². The van der Waals surface area contributed by atoms with Crippen LogP contribution in [0.5, 0.6) is 0 Å². The Morgan fingerprint density at radius 2 is 1.09 bits per heavy atom. The van der Waals surface area contributed by atoms with Gasteiger partial charge in [0, 0.05) is 18.3 Å². The van der Waals surface area contributed by atoms with E-state index in [-0.39, 0.29) is 12.8 Å². The summed E-state index contributed by atoms with van der Waals surface area (Å²) in [6, 6.07) is 0. The van der Waals surface area contributed by atoms with Crippen LogP contribution in [0.25, 0.3) is 0 Å². The zero-order valence-corrected chi connectivity index (χ0v) is 13.1. The van der Waals surface area contributed by atoms with Crippen molar-refractivity contribution >= 4 is 0 Å². The van der Waals surface area contributed by atoms with Gasteiger partial charge in [-0.2, -0.15) is 17.6 Å². The third kappa shape index (κ3) is 2.16. The summed E-state index contributed by atoms with van der Waals surface area (Å²) < 4.78 is 84.8. The Morgan fingerprint density at radius 1 is 0.652 bits per heavy atom. The van der Waals surface area contributed by atoms with Gasteiger partial charge in [0.2, 0.25) is 0 Å². The van der Waals surface area contributed by atoms with Crippen molar-refractivity contribution in [2.24, 2.45) is 5.41 Å². The van der Waals surface area contributed by atoms with Crippen molar-refractivity contribution in [2.45, 2.75) is 87.8 Å². The van der Waals surface area contributed by atoms with Gasteiger partial charge in [-0.25, -0.2) is 8.78 Å². The lowest BCUT2D eigenvalue weighted by Crippen LogP contribution is -2.75. The van der Waals surface area contributed by atoms with Crippen LogP contribution in [0.15, 0.2) is 0 Å². The molecule has 2 fully saturated rings. The molecule has 2 unspecified atom stereocenters. The molecule has 2 saturated carbocycles. The van der Waals surface area contributed by atoms with E-state index in [1.54, 1.807) is 0 Å². The second-order valence-electron chi connectivity index (χ2n) is 7.39. The normalized spacial score (nSPS) is 39.9. The van der Waals surface area contributed by atoms with E-state index in [1.807, 2.05) is 0 Å². The van der Waals surface area contributed by atoms with Crippen LogP contribution >= 0.6 is 0 Å². The third-order valence-corrected chi connectivity index (χ3v) is 5.96. The van der Waals surface area contributed by atoms with E-state index in [0.717, 1.165) is 13.8 Å². The van der Waals surface area contributed by atoms with Crippen LogP contribution < -0.4 is 0 Å². The fourth-order valence-electron chi connectivity index (χ4n) is 4.12. The minimum absolute atomic E-state index is 0.0936. The maximum atomic E-state index is 14.3. The minimum atomic E-state index is -4.91. The maximum Gasteiger partial charge on any atom is 0.338 e. The Balaban J connectivity index is 2.57. The Bertz CT molecular complexity index is 479. The third-order valence-electron chi connectivity index (χ3n) is 5.96. The Hall–Kier alpha value is -0.500. The largest absolute Gasteiger partial charge is 0.383 e. The Labute approximate surface area is 130 Å². The van der Waals surface area contributed by atoms with Gasteiger partial charge in [0.05, 0.1) is 0 Å². The summed E-state index contributed by atoms with van der Waals surface area (Å²) >= 11 is 0. The lowest BCUT2D eigenvalue weighted by atomic mass is 9.53. The second kappa shape index (κ2) is 5.00. The molecule has 136 valence electrons. The van der Waals surface area contributed by atoms with E-state index in [0.29, 0.717) is 0 Å². The van der Waals surface area contributed by atoms with Crippen LogP contribution in [-0.4, -0.2) is 39.2 Å². The molecule has 8 heteroatoms. The molecule has 0 aliphatic heterocycles. The summed E-state index contributed by atoms with van der Waals surface area (Å²) in [5.41, 5.74) is -8.95. The van der Waals surface area contributed by atoms with E-state index in [2.05, 4.69) is 0 Å². The first kappa shape index (κ1) is 18.8. The highest BCUT2D eigenvalue weighted by atomic mass is 19.3. The molecule has 2 aliphatic rings. The van der Waals surface area contributed by atoms with Crippen LogP contribution in [0.4, 0.5) is 26.3 Å². The Morgan fingerprint density at radius 3 is 1.61 bits per heavy atom. The molecule has 0 amide bonds. The number of alkyl halides is 6. The molecule has 0 aromatic carbocycles. The van der Waals surface area contributed by atoms with Gasteiger partial charge in [-0.05, 0) is 25.7 Å². The number of halogens is 6. The monoisotopic (exact) mass is 348 g/mol. The zero-order chi connectivity index (χ0) is 17.9. The molecule has 0 heterocycles. The highest BCUT2D eigenvalue weighted by Crippen LogP contribution is 2.64. The van der Waals surface area contributed by atoms with Crippen LogP contribution in [0.2, 0.25) is 0 Å². The molecular formula is C15H22F6O2. The predicted molar refractivity (Wildman–Crippen MR) is 70.8 cm³/mol. The molecule has 0 bridgehead atoms. The average Bonchev–Trinajstić information content (AvgIpc) is 2.39. The summed E-state index contributed by atoms with van der Waals surface area (Å²) in [6.45, 7) is 1.67. The second-order valence-corrected chi connectivity index (χ2v) is 7.39. The topological polar surface area (TPSA) is 40.5 Å². The average molecular weight is 348 g/mol. The molecule has 0 spiro atoms. The smallest absolute Gasteiger partial charge is 0.338 e. The van der Waals surface area contributed by atoms with Gasteiger partial charge in [0.15, 0.2) is 0 Å². The maximum absolute atomic E-state index is 14.3. The van der Waals surface area contributed by atoms with Crippen molar-refractivity contribution in [2.75, 3.05) is 0 Å². The van der Waals surface area contributed by atoms with Gasteiger partial charge in [-0.1, -0.05) is 20.3 Å². The standard InChI is InChI=1S/C15H22F6O2/c1-10(2,11(22)6-3-4-8-13(11,16)17)12(23)7-5-9-14(18,19)15(12,20)21/h22-23H,3-9H2,1-2H3. The number of aliphatic hydroxyl groups is 2. The van der Waals surface area contributed by atoms with Crippen LogP contribution in [0.1, 0.15) is 58.8 Å². The number of hydrogen-bond acceptors (Lipinski definition) is 2. The van der Waals surface area contributed by atoms with Gasteiger partial charge < -0.3 is 10.2 Å². The summed E-state index contributed by atoms with van der Waals surface area (Å²) in [7, 11) is 0. The van der Waals surface area contributed by atoms with Gasteiger partial charge >= 0.3 is 11.8 Å². The van der Waals surface area contributed by atoms with Crippen molar-refractivity contribution < 1.29 is 36.6 Å². The molecule has 2 aliphatic carbocycles. The van der Waals surface area contributed by atoms with Gasteiger partial charge in [-0.15, -0.1) is 0 Å². The summed E-state index contributed by atoms with van der Waals surface area (Å²) in [5.74, 6) is -13.2. The minimum Gasteiger partial charge on any atom is -0.383 e. The molecular weight excluding hydrogens is 326 g/mol. The van der Waals surface area contributed by atoms with Crippen molar-refractivity contribution in [1.82, 2.24) is 0 Å². The molecule has 0 aromatic rings. The van der Waals surface area contributed by atoms with Crippen molar-refractivity contribution in [3.63, 3.8) is 0 Å². The SMILES string of the molecule is CC(C)(C1(O)CCCCC1(F)F)C1(O)CCCC(F)(F)C1(F)F. The van der Waals surface area contributed by atoms with Gasteiger partial charge in [0.1, 0.15) is 11.2 Å². The van der Waals surface area contributed by atoms with Crippen LogP contribution in [-0.2, 0) is 0 Å². The summed E-state index contributed by atoms with van der Waals surface area (Å²) in [5, 5.41) is 21.0. The summed E-state index contributed by atoms with van der Waals surface area (Å²) in [6.07, 6.45) is -3.37. The molecule has 23 heavy (non-hydrogen) atoms. The molecule has 2 rings (SSSR count). The zero-order valence-electron chi connectivity index (χ0n) is 13.1. The number of rotatable bonds is 2. The van der Waals surface area contributed by atoms with Crippen LogP contribution in [0, 0.1) is 5.41 Å². The van der Waals surface area contributed by atoms with Crippen molar-refractivity contribution in [3.05, 3.63) is 0 Å². The molecule has 2 nitrogen and oxygen atoms in total. The molecule has 0 aromatic heterocycles. The first-order chi connectivity index (χ1) is 10.2. The fourth-order valence-corrected chi connectivity index (χ4v) is 4.12. The Kier molecular flexibility index (Phi) is 4.10. The summed E-state index contributed by atoms with van der Waals surface area (Å²) in [4.78, 5) is 0. The first-order valence-electron chi connectivity index (χ1n) is 7.75. The van der Waals surface area contributed by atoms with E-state index in [1.165, 1.54) is 0 Å². The van der Waals surface area contributed by atoms with E-state index in [4.69, 9.17) is 0 Å². The number of hydrogen-bond donors (Lipinski definition) is 2. The molecule has 0 radical (unpaired) electrons. The highest BCUT2D eigenvalue weighted by molar-refractivity contribution is 5.20. The lowest BCUT2D eigenvalue weighted by molar-refractivity contribution is -0.377. The lowest BCUT2D eigenvalue weighted by Gasteiger charge is -2.59.